The topological polar surface area (TPSA) is 96.0 Å². The second-order valence-corrected chi connectivity index (χ2v) is 3.76. The maximum atomic E-state index is 10.6. The quantitative estimate of drug-likeness (QED) is 0.614. The highest BCUT2D eigenvalue weighted by Crippen LogP contribution is 2.29. The van der Waals surface area contributed by atoms with Crippen molar-refractivity contribution in [3.63, 3.8) is 0 Å². The average Bonchev–Trinajstić information content (AvgIpc) is 2.74. The summed E-state index contributed by atoms with van der Waals surface area (Å²) >= 11 is 5.86. The van der Waals surface area contributed by atoms with E-state index in [1.54, 1.807) is 7.05 Å². The summed E-state index contributed by atoms with van der Waals surface area (Å²) in [6.45, 7) is 0.0364. The molecule has 0 saturated heterocycles. The molecule has 0 radical (unpaired) electrons. The van der Waals surface area contributed by atoms with Gasteiger partial charge in [-0.25, -0.2) is 0 Å². The van der Waals surface area contributed by atoms with Gasteiger partial charge in [0.15, 0.2) is 6.61 Å². The molecule has 2 aromatic rings. The molecule has 0 fully saturated rings. The van der Waals surface area contributed by atoms with Crippen LogP contribution < -0.4 is 4.74 Å². The smallest absolute Gasteiger partial charge is 0.273 e. The van der Waals surface area contributed by atoms with Gasteiger partial charge in [0.25, 0.3) is 5.69 Å². The molecule has 0 aliphatic carbocycles. The van der Waals surface area contributed by atoms with E-state index in [2.05, 4.69) is 15.4 Å². The summed E-state index contributed by atoms with van der Waals surface area (Å²) < 4.78 is 5.31. The number of benzene rings is 1. The number of non-ortho nitro benzene ring substituents is 1. The van der Waals surface area contributed by atoms with E-state index in [1.807, 2.05) is 0 Å². The molecule has 94 valence electrons. The van der Waals surface area contributed by atoms with E-state index in [1.165, 1.54) is 23.0 Å². The Bertz CT molecular complexity index is 585. The summed E-state index contributed by atoms with van der Waals surface area (Å²) in [5.74, 6) is 0.568. The Kier molecular flexibility index (Phi) is 3.38. The minimum absolute atomic E-state index is 0.0364. The Morgan fingerprint density at radius 1 is 1.56 bits per heavy atom. The van der Waals surface area contributed by atoms with Crippen molar-refractivity contribution < 1.29 is 9.66 Å². The maximum Gasteiger partial charge on any atom is 0.273 e. The van der Waals surface area contributed by atoms with Crippen molar-refractivity contribution in [3.8, 4) is 5.75 Å². The maximum absolute atomic E-state index is 10.6. The summed E-state index contributed by atoms with van der Waals surface area (Å²) in [6, 6.07) is 3.95. The number of aryl methyl sites for hydroxylation is 1. The van der Waals surface area contributed by atoms with Gasteiger partial charge >= 0.3 is 0 Å². The number of hydrogen-bond donors (Lipinski definition) is 0. The van der Waals surface area contributed by atoms with Crippen molar-refractivity contribution in [1.82, 2.24) is 20.2 Å². The van der Waals surface area contributed by atoms with Gasteiger partial charge in [-0.05, 0) is 11.3 Å². The van der Waals surface area contributed by atoms with Crippen LogP contribution in [-0.2, 0) is 13.7 Å². The number of aromatic nitrogens is 4. The molecule has 0 atom stereocenters. The fourth-order valence-corrected chi connectivity index (χ4v) is 1.41. The van der Waals surface area contributed by atoms with E-state index in [9.17, 15) is 10.1 Å². The number of ether oxygens (including phenoxy) is 1. The second kappa shape index (κ2) is 4.96. The molecular formula is C9H8ClN5O3. The fourth-order valence-electron chi connectivity index (χ4n) is 1.24. The third-order valence-corrected chi connectivity index (χ3v) is 2.34. The van der Waals surface area contributed by atoms with Crippen LogP contribution in [0.1, 0.15) is 5.82 Å². The number of rotatable bonds is 4. The molecule has 0 saturated carbocycles. The zero-order valence-corrected chi connectivity index (χ0v) is 10.0. The minimum Gasteiger partial charge on any atom is -0.484 e. The van der Waals surface area contributed by atoms with Gasteiger partial charge in [-0.3, -0.25) is 10.1 Å². The van der Waals surface area contributed by atoms with Crippen molar-refractivity contribution >= 4 is 17.3 Å². The highest BCUT2D eigenvalue weighted by molar-refractivity contribution is 6.32. The largest absolute Gasteiger partial charge is 0.484 e. The lowest BCUT2D eigenvalue weighted by Gasteiger charge is -2.05. The first kappa shape index (κ1) is 12.2. The van der Waals surface area contributed by atoms with Crippen LogP contribution >= 0.6 is 11.6 Å². The van der Waals surface area contributed by atoms with Crippen LogP contribution in [0.3, 0.4) is 0 Å². The second-order valence-electron chi connectivity index (χ2n) is 3.36. The van der Waals surface area contributed by atoms with Crippen LogP contribution in [-0.4, -0.2) is 25.1 Å². The van der Waals surface area contributed by atoms with E-state index in [4.69, 9.17) is 16.3 Å². The molecule has 0 amide bonds. The molecule has 1 aromatic carbocycles. The molecule has 18 heavy (non-hydrogen) atoms. The Hall–Kier alpha value is -2.22. The first-order chi connectivity index (χ1) is 8.56. The molecule has 9 heteroatoms. The van der Waals surface area contributed by atoms with E-state index >= 15 is 0 Å². The molecule has 8 nitrogen and oxygen atoms in total. The summed E-state index contributed by atoms with van der Waals surface area (Å²) in [4.78, 5) is 11.4. The lowest BCUT2D eigenvalue weighted by Crippen LogP contribution is -2.00. The molecule has 1 heterocycles. The molecule has 0 unspecified atom stereocenters. The molecule has 0 aliphatic heterocycles. The fraction of sp³-hybridized carbons (Fsp3) is 0.222. The lowest BCUT2D eigenvalue weighted by atomic mass is 10.3. The highest BCUT2D eigenvalue weighted by atomic mass is 35.5. The SMILES string of the molecule is Cn1nnc(COc2cc([N+](=O)[O-])ccc2Cl)n1. The van der Waals surface area contributed by atoms with Crippen molar-refractivity contribution in [2.45, 2.75) is 6.61 Å². The number of nitro benzene ring substituents is 1. The standard InChI is InChI=1S/C9H8ClN5O3/c1-14-12-9(11-13-14)5-18-8-4-6(15(16)17)2-3-7(8)10/h2-4H,5H2,1H3. The van der Waals surface area contributed by atoms with E-state index in [0.717, 1.165) is 0 Å². The van der Waals surface area contributed by atoms with E-state index in [0.29, 0.717) is 5.82 Å². The number of nitro groups is 1. The van der Waals surface area contributed by atoms with Gasteiger partial charge < -0.3 is 4.74 Å². The van der Waals surface area contributed by atoms with Crippen LogP contribution in [0.25, 0.3) is 0 Å². The summed E-state index contributed by atoms with van der Waals surface area (Å²) in [7, 11) is 1.62. The van der Waals surface area contributed by atoms with Crippen LogP contribution in [0, 0.1) is 10.1 Å². The monoisotopic (exact) mass is 269 g/mol. The van der Waals surface area contributed by atoms with Gasteiger partial charge in [-0.1, -0.05) is 11.6 Å². The normalized spacial score (nSPS) is 10.3. The number of hydrogen-bond acceptors (Lipinski definition) is 6. The Morgan fingerprint density at radius 2 is 2.33 bits per heavy atom. The molecule has 2 rings (SSSR count). The van der Waals surface area contributed by atoms with Gasteiger partial charge in [0.05, 0.1) is 23.1 Å². The van der Waals surface area contributed by atoms with Crippen LogP contribution in [0.2, 0.25) is 5.02 Å². The van der Waals surface area contributed by atoms with Crippen LogP contribution in [0.15, 0.2) is 18.2 Å². The minimum atomic E-state index is -0.524. The first-order valence-corrected chi connectivity index (χ1v) is 5.23. The highest BCUT2D eigenvalue weighted by Gasteiger charge is 2.11. The predicted molar refractivity (Wildman–Crippen MR) is 61.2 cm³/mol. The summed E-state index contributed by atoms with van der Waals surface area (Å²) in [6.07, 6.45) is 0. The Labute approximate surface area is 106 Å². The molecule has 0 N–H and O–H groups in total. The van der Waals surface area contributed by atoms with Crippen LogP contribution in [0.4, 0.5) is 5.69 Å². The lowest BCUT2D eigenvalue weighted by molar-refractivity contribution is -0.384. The molecular weight excluding hydrogens is 262 g/mol. The molecule has 0 spiro atoms. The van der Waals surface area contributed by atoms with Gasteiger partial charge in [-0.15, -0.1) is 10.2 Å². The number of tetrazole rings is 1. The Morgan fingerprint density at radius 3 is 2.94 bits per heavy atom. The molecule has 0 bridgehead atoms. The van der Waals surface area contributed by atoms with Crippen molar-refractivity contribution in [2.75, 3.05) is 0 Å². The third kappa shape index (κ3) is 2.72. The molecule has 1 aromatic heterocycles. The van der Waals surface area contributed by atoms with Gasteiger partial charge in [-0.2, -0.15) is 4.80 Å². The zero-order valence-electron chi connectivity index (χ0n) is 9.28. The van der Waals surface area contributed by atoms with Gasteiger partial charge in [0, 0.05) is 6.07 Å². The Balaban J connectivity index is 2.13. The van der Waals surface area contributed by atoms with Gasteiger partial charge in [0.2, 0.25) is 5.82 Å². The van der Waals surface area contributed by atoms with E-state index in [-0.39, 0.29) is 23.1 Å². The van der Waals surface area contributed by atoms with Crippen molar-refractivity contribution in [2.24, 2.45) is 7.05 Å². The van der Waals surface area contributed by atoms with E-state index < -0.39 is 4.92 Å². The third-order valence-electron chi connectivity index (χ3n) is 2.03. The number of halogens is 1. The zero-order chi connectivity index (χ0) is 13.1. The predicted octanol–water partition coefficient (Wildman–Crippen LogP) is 1.35. The van der Waals surface area contributed by atoms with Gasteiger partial charge in [0.1, 0.15) is 5.75 Å². The summed E-state index contributed by atoms with van der Waals surface area (Å²) in [5.41, 5.74) is -0.0958. The molecule has 0 aliphatic rings. The van der Waals surface area contributed by atoms with Crippen molar-refractivity contribution in [1.29, 1.82) is 0 Å². The van der Waals surface area contributed by atoms with Crippen molar-refractivity contribution in [3.05, 3.63) is 39.2 Å². The summed E-state index contributed by atoms with van der Waals surface area (Å²) in [5, 5.41) is 22.1. The van der Waals surface area contributed by atoms with Crippen LogP contribution in [0.5, 0.6) is 5.75 Å². The average molecular weight is 270 g/mol. The number of nitrogens with zero attached hydrogens (tertiary/aromatic N) is 5. The first-order valence-electron chi connectivity index (χ1n) is 4.86.